The topological polar surface area (TPSA) is 146 Å². The third kappa shape index (κ3) is 4.27. The van der Waals surface area contributed by atoms with Crippen LogP contribution in [-0.2, 0) is 4.74 Å². The number of nitrogen functional groups attached to an aromatic ring is 1. The average Bonchev–Trinajstić information content (AvgIpc) is 2.48. The van der Waals surface area contributed by atoms with E-state index in [2.05, 4.69) is 0 Å². The van der Waals surface area contributed by atoms with E-state index in [-0.39, 0.29) is 12.6 Å². The molecule has 5 atom stereocenters. The molecule has 0 bridgehead atoms. The first-order valence-electron chi connectivity index (χ1n) is 6.75. The number of aliphatic hydroxyl groups is 3. The van der Waals surface area contributed by atoms with Crippen LogP contribution in [0.3, 0.4) is 0 Å². The molecule has 2 rings (SSSR count). The van der Waals surface area contributed by atoms with Gasteiger partial charge in [-0.25, -0.2) is 0 Å². The van der Waals surface area contributed by atoms with Crippen molar-refractivity contribution in [1.29, 1.82) is 0 Å². The summed E-state index contributed by atoms with van der Waals surface area (Å²) in [6.45, 7) is 0. The molecule has 1 saturated heterocycles. The summed E-state index contributed by atoms with van der Waals surface area (Å²) in [6.07, 6.45) is -6.15. The predicted molar refractivity (Wildman–Crippen MR) is 79.0 cm³/mol. The van der Waals surface area contributed by atoms with Crippen LogP contribution in [0.5, 0.6) is 5.75 Å². The quantitative estimate of drug-likeness (QED) is 0.302. The first-order valence-corrected chi connectivity index (χ1v) is 8.19. The Morgan fingerprint density at radius 3 is 2.27 bits per heavy atom. The van der Waals surface area contributed by atoms with Gasteiger partial charge in [0.15, 0.2) is 8.38 Å². The summed E-state index contributed by atoms with van der Waals surface area (Å²) in [5.41, 5.74) is 6.11. The molecule has 0 radical (unpaired) electrons. The molecule has 1 aliphatic heterocycles. The number of aliphatic hydroxyl groups excluding tert-OH is 3. The Kier molecular flexibility index (Phi) is 5.94. The van der Waals surface area contributed by atoms with Crippen molar-refractivity contribution >= 4 is 14.1 Å². The molecule has 0 amide bonds. The maximum atomic E-state index is 9.94. The van der Waals surface area contributed by atoms with Crippen LogP contribution in [0.4, 0.5) is 5.69 Å². The Morgan fingerprint density at radius 2 is 1.68 bits per heavy atom. The van der Waals surface area contributed by atoms with Crippen LogP contribution in [0, 0.1) is 0 Å². The Bertz CT molecular complexity index is 472. The summed E-state index contributed by atoms with van der Waals surface area (Å²) >= 11 is 0. The first kappa shape index (κ1) is 17.4. The molecule has 3 unspecified atom stereocenters. The van der Waals surface area contributed by atoms with E-state index < -0.39 is 39.1 Å². The SMILES string of the molecule is Nc1ccc(O[C@H]2OC(CCP(O)O)[C@@H](O)C(O)C2O)cc1. The molecule has 7 N–H and O–H groups in total. The van der Waals surface area contributed by atoms with Crippen LogP contribution in [-0.4, -0.2) is 62.0 Å². The fourth-order valence-electron chi connectivity index (χ4n) is 2.18. The number of hydrogen-bond acceptors (Lipinski definition) is 8. The zero-order chi connectivity index (χ0) is 16.3. The number of ether oxygens (including phenoxy) is 2. The summed E-state index contributed by atoms with van der Waals surface area (Å²) in [6, 6.07) is 6.38. The normalized spacial score (nSPS) is 32.2. The van der Waals surface area contributed by atoms with E-state index in [0.717, 1.165) is 0 Å². The van der Waals surface area contributed by atoms with Gasteiger partial charge >= 0.3 is 0 Å². The molecule has 8 nitrogen and oxygen atoms in total. The summed E-state index contributed by atoms with van der Waals surface area (Å²) in [5.74, 6) is 0.382. The summed E-state index contributed by atoms with van der Waals surface area (Å²) < 4.78 is 10.9. The van der Waals surface area contributed by atoms with Crippen molar-refractivity contribution in [1.82, 2.24) is 0 Å². The number of nitrogens with two attached hydrogens (primary N) is 1. The van der Waals surface area contributed by atoms with Gasteiger partial charge in [0.2, 0.25) is 6.29 Å². The van der Waals surface area contributed by atoms with E-state index in [1.807, 2.05) is 0 Å². The van der Waals surface area contributed by atoms with Crippen LogP contribution in [0.2, 0.25) is 0 Å². The molecule has 124 valence electrons. The minimum atomic E-state index is -2.13. The third-order valence-corrected chi connectivity index (χ3v) is 4.07. The van der Waals surface area contributed by atoms with Crippen LogP contribution >= 0.6 is 8.38 Å². The van der Waals surface area contributed by atoms with Gasteiger partial charge in [0.25, 0.3) is 0 Å². The van der Waals surface area contributed by atoms with Gasteiger partial charge in [-0.3, -0.25) is 0 Å². The molecule has 1 aromatic rings. The van der Waals surface area contributed by atoms with Crippen molar-refractivity contribution in [2.75, 3.05) is 11.9 Å². The van der Waals surface area contributed by atoms with E-state index in [9.17, 15) is 15.3 Å². The maximum Gasteiger partial charge on any atom is 0.229 e. The summed E-state index contributed by atoms with van der Waals surface area (Å²) in [7, 11) is -2.13. The molecule has 0 spiro atoms. The largest absolute Gasteiger partial charge is 0.462 e. The molecule has 1 aliphatic rings. The number of anilines is 1. The van der Waals surface area contributed by atoms with E-state index in [4.69, 9.17) is 25.0 Å². The Morgan fingerprint density at radius 1 is 1.05 bits per heavy atom. The second-order valence-electron chi connectivity index (χ2n) is 5.09. The van der Waals surface area contributed by atoms with E-state index in [1.165, 1.54) is 0 Å². The Labute approximate surface area is 128 Å². The second-order valence-corrected chi connectivity index (χ2v) is 6.28. The van der Waals surface area contributed by atoms with Crippen molar-refractivity contribution in [3.63, 3.8) is 0 Å². The molecule has 0 saturated carbocycles. The molecule has 1 fully saturated rings. The van der Waals surface area contributed by atoms with Crippen LogP contribution in [0.25, 0.3) is 0 Å². The van der Waals surface area contributed by atoms with Crippen LogP contribution in [0.1, 0.15) is 6.42 Å². The minimum absolute atomic E-state index is 0.0223. The zero-order valence-corrected chi connectivity index (χ0v) is 12.6. The van der Waals surface area contributed by atoms with Crippen molar-refractivity contribution < 1.29 is 34.6 Å². The second kappa shape index (κ2) is 7.52. The third-order valence-electron chi connectivity index (χ3n) is 3.41. The number of benzene rings is 1. The van der Waals surface area contributed by atoms with E-state index in [1.54, 1.807) is 24.3 Å². The van der Waals surface area contributed by atoms with Gasteiger partial charge in [0.1, 0.15) is 24.1 Å². The number of rotatable bonds is 5. The highest BCUT2D eigenvalue weighted by atomic mass is 31.2. The molecule has 1 aromatic carbocycles. The molecule has 9 heteroatoms. The number of hydrogen-bond donors (Lipinski definition) is 6. The minimum Gasteiger partial charge on any atom is -0.462 e. The first-order chi connectivity index (χ1) is 10.4. The highest BCUT2D eigenvalue weighted by Gasteiger charge is 2.44. The Balaban J connectivity index is 2.04. The summed E-state index contributed by atoms with van der Waals surface area (Å²) in [5, 5.41) is 29.7. The highest BCUT2D eigenvalue weighted by Crippen LogP contribution is 2.30. The molecule has 0 aliphatic carbocycles. The highest BCUT2D eigenvalue weighted by molar-refractivity contribution is 7.45. The van der Waals surface area contributed by atoms with Crippen molar-refractivity contribution in [3.05, 3.63) is 24.3 Å². The monoisotopic (exact) mass is 333 g/mol. The van der Waals surface area contributed by atoms with Gasteiger partial charge in [-0.1, -0.05) is 0 Å². The summed E-state index contributed by atoms with van der Waals surface area (Å²) in [4.78, 5) is 17.9. The van der Waals surface area contributed by atoms with E-state index in [0.29, 0.717) is 11.4 Å². The van der Waals surface area contributed by atoms with Crippen LogP contribution in [0.15, 0.2) is 24.3 Å². The maximum absolute atomic E-state index is 9.94. The lowest BCUT2D eigenvalue weighted by Gasteiger charge is -2.40. The average molecular weight is 333 g/mol. The van der Waals surface area contributed by atoms with Crippen molar-refractivity contribution in [3.8, 4) is 5.75 Å². The Hall–Kier alpha value is -0.990. The van der Waals surface area contributed by atoms with E-state index >= 15 is 0 Å². The van der Waals surface area contributed by atoms with Crippen molar-refractivity contribution in [2.45, 2.75) is 37.1 Å². The fraction of sp³-hybridized carbons (Fsp3) is 0.538. The van der Waals surface area contributed by atoms with Gasteiger partial charge in [-0.05, 0) is 30.7 Å². The van der Waals surface area contributed by atoms with Crippen molar-refractivity contribution in [2.24, 2.45) is 0 Å². The van der Waals surface area contributed by atoms with Gasteiger partial charge in [-0.2, -0.15) is 0 Å². The lowest BCUT2D eigenvalue weighted by molar-refractivity contribution is -0.272. The van der Waals surface area contributed by atoms with Gasteiger partial charge in [0.05, 0.1) is 6.10 Å². The lowest BCUT2D eigenvalue weighted by atomic mass is 9.97. The van der Waals surface area contributed by atoms with Gasteiger partial charge in [0, 0.05) is 11.8 Å². The smallest absolute Gasteiger partial charge is 0.229 e. The standard InChI is InChI=1S/C13H20NO7P/c14-7-1-3-8(4-2-7)20-13-12(17)11(16)10(15)9(21-13)5-6-22(18)19/h1-4,9-13,15-19H,5-6,14H2/t9?,10-,11?,12?,13+/m1/s1. The molecular weight excluding hydrogens is 313 g/mol. The molecule has 22 heavy (non-hydrogen) atoms. The molecule has 1 heterocycles. The fourth-order valence-corrected chi connectivity index (χ4v) is 2.66. The lowest BCUT2D eigenvalue weighted by Crippen LogP contribution is -2.59. The van der Waals surface area contributed by atoms with Gasteiger partial charge in [-0.15, -0.1) is 0 Å². The predicted octanol–water partition coefficient (Wildman–Crippen LogP) is -0.858. The van der Waals surface area contributed by atoms with Gasteiger partial charge < -0.3 is 40.3 Å². The van der Waals surface area contributed by atoms with Crippen LogP contribution < -0.4 is 10.5 Å². The molecule has 0 aromatic heterocycles. The molecular formula is C13H20NO7P. The zero-order valence-electron chi connectivity index (χ0n) is 11.7.